The number of carbonyl (C=O) groups is 1. The highest BCUT2D eigenvalue weighted by molar-refractivity contribution is 7.89. The third-order valence-corrected chi connectivity index (χ3v) is 8.81. The molecule has 5 rings (SSSR count). The zero-order valence-electron chi connectivity index (χ0n) is 18.0. The van der Waals surface area contributed by atoms with Crippen molar-refractivity contribution in [3.8, 4) is 0 Å². The summed E-state index contributed by atoms with van der Waals surface area (Å²) in [6, 6.07) is 5.58. The molecule has 31 heavy (non-hydrogen) atoms. The van der Waals surface area contributed by atoms with Gasteiger partial charge in [-0.05, 0) is 75.1 Å². The van der Waals surface area contributed by atoms with Gasteiger partial charge in [-0.3, -0.25) is 4.79 Å². The van der Waals surface area contributed by atoms with Crippen molar-refractivity contribution in [2.75, 3.05) is 26.2 Å². The SMILES string of the molecule is Cc1oc(C2CCN(S(=O)(=O)c3ccc4c(c3)CCC4)CC2)nc1C(=O)N1CCCC1. The highest BCUT2D eigenvalue weighted by atomic mass is 32.2. The number of aromatic nitrogens is 1. The second-order valence-electron chi connectivity index (χ2n) is 8.92. The Morgan fingerprint density at radius 2 is 1.74 bits per heavy atom. The predicted octanol–water partition coefficient (Wildman–Crippen LogP) is 3.28. The van der Waals surface area contributed by atoms with Crippen molar-refractivity contribution in [2.45, 2.75) is 62.7 Å². The van der Waals surface area contributed by atoms with Crippen molar-refractivity contribution >= 4 is 15.9 Å². The monoisotopic (exact) mass is 443 g/mol. The maximum absolute atomic E-state index is 13.2. The van der Waals surface area contributed by atoms with E-state index in [4.69, 9.17) is 4.42 Å². The molecule has 0 spiro atoms. The molecule has 2 saturated heterocycles. The molecule has 0 unspecified atom stereocenters. The van der Waals surface area contributed by atoms with Gasteiger partial charge in [-0.15, -0.1) is 0 Å². The molecule has 0 bridgehead atoms. The number of rotatable bonds is 4. The van der Waals surface area contributed by atoms with Gasteiger partial charge in [-0.1, -0.05) is 6.07 Å². The molecule has 8 heteroatoms. The molecule has 0 radical (unpaired) electrons. The van der Waals surface area contributed by atoms with Crippen LogP contribution in [0.25, 0.3) is 0 Å². The Bertz CT molecular complexity index is 1090. The van der Waals surface area contributed by atoms with Gasteiger partial charge in [0.05, 0.1) is 4.90 Å². The van der Waals surface area contributed by atoms with E-state index >= 15 is 0 Å². The predicted molar refractivity (Wildman–Crippen MR) is 116 cm³/mol. The number of aryl methyl sites for hydroxylation is 3. The van der Waals surface area contributed by atoms with E-state index in [1.165, 1.54) is 11.1 Å². The number of hydrogen-bond donors (Lipinski definition) is 0. The number of benzene rings is 1. The van der Waals surface area contributed by atoms with Gasteiger partial charge >= 0.3 is 0 Å². The van der Waals surface area contributed by atoms with Crippen molar-refractivity contribution in [1.82, 2.24) is 14.2 Å². The van der Waals surface area contributed by atoms with Crippen molar-refractivity contribution in [3.63, 3.8) is 0 Å². The second-order valence-corrected chi connectivity index (χ2v) is 10.9. The second kappa shape index (κ2) is 8.06. The molecule has 3 aliphatic rings. The number of piperidine rings is 1. The van der Waals surface area contributed by atoms with E-state index in [-0.39, 0.29) is 11.8 Å². The number of amides is 1. The molecule has 2 aliphatic heterocycles. The van der Waals surface area contributed by atoms with E-state index in [1.807, 2.05) is 17.0 Å². The van der Waals surface area contributed by atoms with Crippen LogP contribution in [0, 0.1) is 6.92 Å². The summed E-state index contributed by atoms with van der Waals surface area (Å²) in [6.45, 7) is 4.20. The Morgan fingerprint density at radius 3 is 2.48 bits per heavy atom. The van der Waals surface area contributed by atoms with Crippen LogP contribution in [0.15, 0.2) is 27.5 Å². The largest absolute Gasteiger partial charge is 0.445 e. The maximum atomic E-state index is 13.2. The van der Waals surface area contributed by atoms with Crippen molar-refractivity contribution in [2.24, 2.45) is 0 Å². The zero-order valence-corrected chi connectivity index (χ0v) is 18.8. The molecule has 0 atom stereocenters. The topological polar surface area (TPSA) is 83.7 Å². The van der Waals surface area contributed by atoms with Gasteiger partial charge in [-0.25, -0.2) is 13.4 Å². The van der Waals surface area contributed by atoms with Crippen LogP contribution in [0.2, 0.25) is 0 Å². The average molecular weight is 444 g/mol. The molecule has 1 aromatic carbocycles. The van der Waals surface area contributed by atoms with E-state index in [0.29, 0.717) is 48.2 Å². The van der Waals surface area contributed by atoms with Crippen LogP contribution in [-0.2, 0) is 22.9 Å². The van der Waals surface area contributed by atoms with Crippen LogP contribution >= 0.6 is 0 Å². The van der Waals surface area contributed by atoms with Crippen molar-refractivity contribution < 1.29 is 17.6 Å². The lowest BCUT2D eigenvalue weighted by Gasteiger charge is -2.30. The Morgan fingerprint density at radius 1 is 1.03 bits per heavy atom. The molecule has 166 valence electrons. The first kappa shape index (κ1) is 20.7. The van der Waals surface area contributed by atoms with Crippen LogP contribution in [0.1, 0.15) is 71.3 Å². The molecule has 2 aromatic rings. The van der Waals surface area contributed by atoms with E-state index in [0.717, 1.165) is 45.2 Å². The smallest absolute Gasteiger partial charge is 0.276 e. The number of fused-ring (bicyclic) bond motifs is 1. The van der Waals surface area contributed by atoms with E-state index in [9.17, 15) is 13.2 Å². The van der Waals surface area contributed by atoms with Crippen LogP contribution in [0.5, 0.6) is 0 Å². The van der Waals surface area contributed by atoms with Crippen LogP contribution < -0.4 is 0 Å². The minimum atomic E-state index is -3.50. The molecule has 0 N–H and O–H groups in total. The van der Waals surface area contributed by atoms with Crippen LogP contribution in [0.3, 0.4) is 0 Å². The molecule has 1 amide bonds. The normalized spacial score (nSPS) is 20.4. The summed E-state index contributed by atoms with van der Waals surface area (Å²) >= 11 is 0. The summed E-state index contributed by atoms with van der Waals surface area (Å²) in [4.78, 5) is 19.5. The summed E-state index contributed by atoms with van der Waals surface area (Å²) in [5, 5.41) is 0. The first-order valence-corrected chi connectivity index (χ1v) is 12.8. The van der Waals surface area contributed by atoms with E-state index in [2.05, 4.69) is 4.98 Å². The number of oxazole rings is 1. The molecule has 0 saturated carbocycles. The Balaban J connectivity index is 1.27. The van der Waals surface area contributed by atoms with Gasteiger partial charge in [0.1, 0.15) is 5.76 Å². The molecule has 1 aliphatic carbocycles. The Hall–Kier alpha value is -2.19. The minimum absolute atomic E-state index is 0.0327. The first-order chi connectivity index (χ1) is 14.9. The fourth-order valence-electron chi connectivity index (χ4n) is 5.06. The summed E-state index contributed by atoms with van der Waals surface area (Å²) in [5.41, 5.74) is 2.85. The fourth-order valence-corrected chi connectivity index (χ4v) is 6.58. The highest BCUT2D eigenvalue weighted by Crippen LogP contribution is 2.33. The summed E-state index contributed by atoms with van der Waals surface area (Å²) < 4.78 is 33.8. The lowest BCUT2D eigenvalue weighted by atomic mass is 9.98. The number of sulfonamides is 1. The standard InChI is InChI=1S/C23H29N3O4S/c1-16-21(23(27)25-11-2-3-12-25)24-22(30-16)18-9-13-26(14-10-18)31(28,29)20-8-7-17-5-4-6-19(17)15-20/h7-8,15,18H,2-6,9-14H2,1H3. The van der Waals surface area contributed by atoms with Gasteiger partial charge in [-0.2, -0.15) is 4.31 Å². The lowest BCUT2D eigenvalue weighted by Crippen LogP contribution is -2.38. The quantitative estimate of drug-likeness (QED) is 0.724. The van der Waals surface area contributed by atoms with Crippen LogP contribution in [0.4, 0.5) is 0 Å². The van der Waals surface area contributed by atoms with Gasteiger partial charge in [0.25, 0.3) is 5.91 Å². The maximum Gasteiger partial charge on any atom is 0.276 e. The molecule has 2 fully saturated rings. The fraction of sp³-hybridized carbons (Fsp3) is 0.565. The Kier molecular flexibility index (Phi) is 5.38. The number of carbonyl (C=O) groups excluding carboxylic acids is 1. The van der Waals surface area contributed by atoms with E-state index < -0.39 is 10.0 Å². The first-order valence-electron chi connectivity index (χ1n) is 11.3. The van der Waals surface area contributed by atoms with E-state index in [1.54, 1.807) is 17.3 Å². The number of hydrogen-bond acceptors (Lipinski definition) is 5. The van der Waals surface area contributed by atoms with Crippen molar-refractivity contribution in [1.29, 1.82) is 0 Å². The van der Waals surface area contributed by atoms with Gasteiger partial charge in [0, 0.05) is 32.1 Å². The van der Waals surface area contributed by atoms with Gasteiger partial charge in [0.2, 0.25) is 10.0 Å². The molecular formula is C23H29N3O4S. The molecule has 3 heterocycles. The Labute approximate surface area is 183 Å². The number of likely N-dealkylation sites (tertiary alicyclic amines) is 1. The minimum Gasteiger partial charge on any atom is -0.445 e. The summed E-state index contributed by atoms with van der Waals surface area (Å²) in [5.74, 6) is 1.10. The van der Waals surface area contributed by atoms with Gasteiger partial charge < -0.3 is 9.32 Å². The molecule has 7 nitrogen and oxygen atoms in total. The lowest BCUT2D eigenvalue weighted by molar-refractivity contribution is 0.0786. The van der Waals surface area contributed by atoms with Gasteiger partial charge in [0.15, 0.2) is 11.6 Å². The van der Waals surface area contributed by atoms with Crippen LogP contribution in [-0.4, -0.2) is 54.7 Å². The summed E-state index contributed by atoms with van der Waals surface area (Å²) in [6.07, 6.45) is 6.45. The molecule has 1 aromatic heterocycles. The zero-order chi connectivity index (χ0) is 21.6. The summed E-state index contributed by atoms with van der Waals surface area (Å²) in [7, 11) is -3.50. The molecular weight excluding hydrogens is 414 g/mol. The van der Waals surface area contributed by atoms with Crippen molar-refractivity contribution in [3.05, 3.63) is 46.7 Å². The average Bonchev–Trinajstić information content (AvgIpc) is 3.53. The third-order valence-electron chi connectivity index (χ3n) is 6.92. The third kappa shape index (κ3) is 3.80. The number of nitrogens with zero attached hydrogens (tertiary/aromatic N) is 3. The highest BCUT2D eigenvalue weighted by Gasteiger charge is 2.34.